The Morgan fingerprint density at radius 3 is 2.24 bits per heavy atom. The monoisotopic (exact) mass is 242 g/mol. The Labute approximate surface area is 107 Å². The SMILES string of the molecule is CCCCN(CCCC)C1(CN)CCCOC1. The van der Waals surface area contributed by atoms with Gasteiger partial charge in [0.05, 0.1) is 12.1 Å². The van der Waals surface area contributed by atoms with Crippen molar-refractivity contribution in [2.45, 2.75) is 57.9 Å². The molecular formula is C14H30N2O. The summed E-state index contributed by atoms with van der Waals surface area (Å²) in [5, 5.41) is 0. The van der Waals surface area contributed by atoms with Crippen molar-refractivity contribution in [2.75, 3.05) is 32.8 Å². The summed E-state index contributed by atoms with van der Waals surface area (Å²) in [6, 6.07) is 0. The van der Waals surface area contributed by atoms with Gasteiger partial charge in [0.25, 0.3) is 0 Å². The van der Waals surface area contributed by atoms with Crippen LogP contribution in [0.4, 0.5) is 0 Å². The molecule has 2 N–H and O–H groups in total. The lowest BCUT2D eigenvalue weighted by atomic mass is 9.89. The maximum absolute atomic E-state index is 6.06. The summed E-state index contributed by atoms with van der Waals surface area (Å²) in [7, 11) is 0. The van der Waals surface area contributed by atoms with Gasteiger partial charge in [-0.25, -0.2) is 0 Å². The lowest BCUT2D eigenvalue weighted by Gasteiger charge is -2.45. The number of nitrogens with two attached hydrogens (primary N) is 1. The highest BCUT2D eigenvalue weighted by Gasteiger charge is 2.36. The van der Waals surface area contributed by atoms with Crippen molar-refractivity contribution in [1.29, 1.82) is 0 Å². The van der Waals surface area contributed by atoms with Crippen molar-refractivity contribution in [3.8, 4) is 0 Å². The van der Waals surface area contributed by atoms with E-state index < -0.39 is 0 Å². The van der Waals surface area contributed by atoms with E-state index in [0.29, 0.717) is 0 Å². The maximum Gasteiger partial charge on any atom is 0.0662 e. The van der Waals surface area contributed by atoms with Crippen LogP contribution in [0.5, 0.6) is 0 Å². The highest BCUT2D eigenvalue weighted by atomic mass is 16.5. The van der Waals surface area contributed by atoms with Gasteiger partial charge in [-0.3, -0.25) is 4.90 Å². The first-order valence-corrected chi connectivity index (χ1v) is 7.32. The van der Waals surface area contributed by atoms with Crippen molar-refractivity contribution in [1.82, 2.24) is 4.90 Å². The molecule has 102 valence electrons. The van der Waals surface area contributed by atoms with Gasteiger partial charge in [-0.1, -0.05) is 26.7 Å². The van der Waals surface area contributed by atoms with Crippen molar-refractivity contribution in [2.24, 2.45) is 5.73 Å². The van der Waals surface area contributed by atoms with Crippen LogP contribution in [0.25, 0.3) is 0 Å². The molecule has 1 aliphatic heterocycles. The number of ether oxygens (including phenoxy) is 1. The predicted molar refractivity (Wildman–Crippen MR) is 73.2 cm³/mol. The van der Waals surface area contributed by atoms with Crippen LogP contribution in [0.15, 0.2) is 0 Å². The molecule has 0 saturated carbocycles. The lowest BCUT2D eigenvalue weighted by Crippen LogP contribution is -2.59. The van der Waals surface area contributed by atoms with E-state index >= 15 is 0 Å². The fourth-order valence-corrected chi connectivity index (χ4v) is 2.66. The fourth-order valence-electron chi connectivity index (χ4n) is 2.66. The minimum Gasteiger partial charge on any atom is -0.379 e. The number of rotatable bonds is 8. The Balaban J connectivity index is 2.61. The molecule has 1 unspecified atom stereocenters. The van der Waals surface area contributed by atoms with Crippen LogP contribution in [0.3, 0.4) is 0 Å². The standard InChI is InChI=1S/C14H30N2O/c1-3-5-9-16(10-6-4-2)14(12-15)8-7-11-17-13-14/h3-13,15H2,1-2H3. The molecule has 1 aliphatic rings. The number of nitrogens with zero attached hydrogens (tertiary/aromatic N) is 1. The van der Waals surface area contributed by atoms with E-state index in [9.17, 15) is 0 Å². The minimum atomic E-state index is 0.128. The molecule has 0 amide bonds. The Morgan fingerprint density at radius 2 is 1.82 bits per heavy atom. The van der Waals surface area contributed by atoms with Crippen LogP contribution in [-0.2, 0) is 4.74 Å². The predicted octanol–water partition coefficient (Wildman–Crippen LogP) is 2.40. The highest BCUT2D eigenvalue weighted by Crippen LogP contribution is 2.26. The molecule has 0 aromatic heterocycles. The zero-order valence-electron chi connectivity index (χ0n) is 11.7. The molecule has 0 radical (unpaired) electrons. The molecule has 1 heterocycles. The summed E-state index contributed by atoms with van der Waals surface area (Å²) < 4.78 is 5.70. The molecule has 0 spiro atoms. The van der Waals surface area contributed by atoms with Gasteiger partial charge >= 0.3 is 0 Å². The Hall–Kier alpha value is -0.120. The molecule has 1 rings (SSSR count). The van der Waals surface area contributed by atoms with Crippen LogP contribution in [0.1, 0.15) is 52.4 Å². The van der Waals surface area contributed by atoms with E-state index in [1.54, 1.807) is 0 Å². The van der Waals surface area contributed by atoms with Crippen molar-refractivity contribution >= 4 is 0 Å². The van der Waals surface area contributed by atoms with Crippen molar-refractivity contribution in [3.63, 3.8) is 0 Å². The molecule has 0 aromatic carbocycles. The first-order valence-electron chi connectivity index (χ1n) is 7.32. The third-order valence-electron chi connectivity index (χ3n) is 3.92. The van der Waals surface area contributed by atoms with Crippen molar-refractivity contribution in [3.05, 3.63) is 0 Å². The molecular weight excluding hydrogens is 212 g/mol. The van der Waals surface area contributed by atoms with Crippen LogP contribution < -0.4 is 5.73 Å². The quantitative estimate of drug-likeness (QED) is 0.710. The Morgan fingerprint density at radius 1 is 1.18 bits per heavy atom. The molecule has 1 atom stereocenters. The van der Waals surface area contributed by atoms with Gasteiger partial charge in [-0.15, -0.1) is 0 Å². The van der Waals surface area contributed by atoms with Crippen LogP contribution in [0, 0.1) is 0 Å². The average Bonchev–Trinajstić information content (AvgIpc) is 2.39. The summed E-state index contributed by atoms with van der Waals surface area (Å²) in [6.45, 7) is 9.34. The maximum atomic E-state index is 6.06. The summed E-state index contributed by atoms with van der Waals surface area (Å²) >= 11 is 0. The first kappa shape index (κ1) is 14.9. The van der Waals surface area contributed by atoms with E-state index in [0.717, 1.165) is 26.2 Å². The second-order valence-corrected chi connectivity index (χ2v) is 5.28. The summed E-state index contributed by atoms with van der Waals surface area (Å²) in [5.41, 5.74) is 6.19. The zero-order valence-corrected chi connectivity index (χ0v) is 11.7. The van der Waals surface area contributed by atoms with E-state index in [2.05, 4.69) is 18.7 Å². The zero-order chi connectivity index (χ0) is 12.6. The van der Waals surface area contributed by atoms with E-state index in [4.69, 9.17) is 10.5 Å². The summed E-state index contributed by atoms with van der Waals surface area (Å²) in [6.07, 6.45) is 7.41. The largest absolute Gasteiger partial charge is 0.379 e. The van der Waals surface area contributed by atoms with Gasteiger partial charge in [-0.2, -0.15) is 0 Å². The molecule has 0 aromatic rings. The van der Waals surface area contributed by atoms with Crippen molar-refractivity contribution < 1.29 is 4.74 Å². The third kappa shape index (κ3) is 4.23. The molecule has 0 bridgehead atoms. The van der Waals surface area contributed by atoms with Gasteiger partial charge in [0.1, 0.15) is 0 Å². The Kier molecular flexibility index (Phi) is 7.09. The smallest absolute Gasteiger partial charge is 0.0662 e. The van der Waals surface area contributed by atoms with Crippen LogP contribution in [-0.4, -0.2) is 43.3 Å². The number of hydrogen-bond acceptors (Lipinski definition) is 3. The minimum absolute atomic E-state index is 0.128. The topological polar surface area (TPSA) is 38.5 Å². The molecule has 17 heavy (non-hydrogen) atoms. The Bertz CT molecular complexity index is 183. The van der Waals surface area contributed by atoms with E-state index in [1.807, 2.05) is 0 Å². The third-order valence-corrected chi connectivity index (χ3v) is 3.92. The lowest BCUT2D eigenvalue weighted by molar-refractivity contribution is -0.0460. The van der Waals surface area contributed by atoms with Gasteiger partial charge in [-0.05, 0) is 38.8 Å². The van der Waals surface area contributed by atoms with Crippen LogP contribution in [0.2, 0.25) is 0 Å². The molecule has 0 aliphatic carbocycles. The van der Waals surface area contributed by atoms with E-state index in [1.165, 1.54) is 45.2 Å². The summed E-state index contributed by atoms with van der Waals surface area (Å²) in [5.74, 6) is 0. The normalized spacial score (nSPS) is 25.4. The number of unbranched alkanes of at least 4 members (excludes halogenated alkanes) is 2. The molecule has 3 heteroatoms. The molecule has 1 fully saturated rings. The van der Waals surface area contributed by atoms with Gasteiger partial charge in [0, 0.05) is 13.2 Å². The number of hydrogen-bond donors (Lipinski definition) is 1. The highest BCUT2D eigenvalue weighted by molar-refractivity contribution is 4.93. The average molecular weight is 242 g/mol. The second kappa shape index (κ2) is 8.06. The van der Waals surface area contributed by atoms with Gasteiger partial charge < -0.3 is 10.5 Å². The molecule has 3 nitrogen and oxygen atoms in total. The fraction of sp³-hybridized carbons (Fsp3) is 1.00. The van der Waals surface area contributed by atoms with Gasteiger partial charge in [0.2, 0.25) is 0 Å². The molecule has 1 saturated heterocycles. The first-order chi connectivity index (χ1) is 8.29. The summed E-state index contributed by atoms with van der Waals surface area (Å²) in [4.78, 5) is 2.61. The second-order valence-electron chi connectivity index (χ2n) is 5.28. The van der Waals surface area contributed by atoms with Gasteiger partial charge in [0.15, 0.2) is 0 Å². The van der Waals surface area contributed by atoms with Crippen LogP contribution >= 0.6 is 0 Å². The van der Waals surface area contributed by atoms with E-state index in [-0.39, 0.29) is 5.54 Å².